The second-order valence-electron chi connectivity index (χ2n) is 2.84. The fourth-order valence-electron chi connectivity index (χ4n) is 1.26. The van der Waals surface area contributed by atoms with Gasteiger partial charge in [0.25, 0.3) is 0 Å². The van der Waals surface area contributed by atoms with Crippen molar-refractivity contribution in [1.29, 1.82) is 0 Å². The van der Waals surface area contributed by atoms with Crippen molar-refractivity contribution in [3.05, 3.63) is 0 Å². The molecule has 0 N–H and O–H groups in total. The minimum Gasteiger partial charge on any atom is -0.353 e. The summed E-state index contributed by atoms with van der Waals surface area (Å²) in [5.41, 5.74) is 0. The van der Waals surface area contributed by atoms with Gasteiger partial charge in [-0.15, -0.1) is 0 Å². The van der Waals surface area contributed by atoms with E-state index >= 15 is 0 Å². The highest BCUT2D eigenvalue weighted by atomic mass is 28.3. The van der Waals surface area contributed by atoms with Crippen LogP contribution in [0.4, 0.5) is 0 Å². The highest BCUT2D eigenvalue weighted by Crippen LogP contribution is 2.07. The van der Waals surface area contributed by atoms with Crippen LogP contribution in [0.1, 0.15) is 13.8 Å². The molecular weight excluding hydrogens is 130 g/mol. The van der Waals surface area contributed by atoms with Crippen LogP contribution < -0.4 is 0 Å². The summed E-state index contributed by atoms with van der Waals surface area (Å²) >= 11 is 0. The van der Waals surface area contributed by atoms with Crippen molar-refractivity contribution in [2.24, 2.45) is 0 Å². The Morgan fingerprint density at radius 3 is 2.00 bits per heavy atom. The Morgan fingerprint density at radius 1 is 1.25 bits per heavy atom. The molecule has 1 heterocycles. The molecule has 1 aliphatic heterocycles. The molecule has 1 aliphatic rings. The molecular formula is C5H15NSi2. The zero-order chi connectivity index (χ0) is 5.98. The molecule has 1 rings (SSSR count). The summed E-state index contributed by atoms with van der Waals surface area (Å²) in [6.07, 6.45) is 0. The number of hydrogen-bond acceptors (Lipinski definition) is 1. The normalized spacial score (nSPS) is 28.9. The summed E-state index contributed by atoms with van der Waals surface area (Å²) in [5, 5.41) is 0. The maximum atomic E-state index is 2.81. The molecule has 0 aromatic rings. The summed E-state index contributed by atoms with van der Waals surface area (Å²) < 4.78 is 2.81. The monoisotopic (exact) mass is 145 g/mol. The van der Waals surface area contributed by atoms with Crippen LogP contribution in [0.2, 0.25) is 12.1 Å². The van der Waals surface area contributed by atoms with Crippen molar-refractivity contribution < 1.29 is 0 Å². The third kappa shape index (κ3) is 1.43. The molecule has 3 heteroatoms. The Balaban J connectivity index is 2.24. The third-order valence-electron chi connectivity index (χ3n) is 1.87. The molecule has 0 radical (unpaired) electrons. The second kappa shape index (κ2) is 2.80. The zero-order valence-corrected chi connectivity index (χ0v) is 8.68. The highest BCUT2D eigenvalue weighted by Gasteiger charge is 2.14. The predicted molar refractivity (Wildman–Crippen MR) is 43.7 cm³/mol. The molecule has 0 unspecified atom stereocenters. The summed E-state index contributed by atoms with van der Waals surface area (Å²) in [4.78, 5) is 0. The lowest BCUT2D eigenvalue weighted by Gasteiger charge is -2.18. The van der Waals surface area contributed by atoms with Gasteiger partial charge in [0.1, 0.15) is 0 Å². The van der Waals surface area contributed by atoms with Crippen molar-refractivity contribution in [2.75, 3.05) is 0 Å². The van der Waals surface area contributed by atoms with E-state index in [0.29, 0.717) is 19.4 Å². The standard InChI is InChI=1S/C5H15NSi2/c1-5(2)6-7-3-4-8-6/h5H,3-4,7-8H2,1-2H3. The van der Waals surface area contributed by atoms with Gasteiger partial charge < -0.3 is 4.23 Å². The Morgan fingerprint density at radius 2 is 1.75 bits per heavy atom. The van der Waals surface area contributed by atoms with E-state index in [0.717, 1.165) is 6.04 Å². The summed E-state index contributed by atoms with van der Waals surface area (Å²) in [6, 6.07) is 4.13. The molecule has 0 spiro atoms. The van der Waals surface area contributed by atoms with Gasteiger partial charge in [-0.2, -0.15) is 0 Å². The van der Waals surface area contributed by atoms with E-state index in [1.165, 1.54) is 0 Å². The molecule has 0 aliphatic carbocycles. The molecule has 0 amide bonds. The summed E-state index contributed by atoms with van der Waals surface area (Å²) in [5.74, 6) is 0. The van der Waals surface area contributed by atoms with Gasteiger partial charge >= 0.3 is 0 Å². The lowest BCUT2D eigenvalue weighted by molar-refractivity contribution is 0.558. The Kier molecular flexibility index (Phi) is 2.28. The van der Waals surface area contributed by atoms with Crippen LogP contribution in [0.25, 0.3) is 0 Å². The van der Waals surface area contributed by atoms with Gasteiger partial charge in [-0.3, -0.25) is 0 Å². The van der Waals surface area contributed by atoms with Crippen molar-refractivity contribution in [2.45, 2.75) is 32.0 Å². The van der Waals surface area contributed by atoms with Gasteiger partial charge in [0.05, 0.1) is 19.4 Å². The molecule has 1 nitrogen and oxygen atoms in total. The van der Waals surface area contributed by atoms with Gasteiger partial charge in [-0.05, 0) is 6.04 Å². The van der Waals surface area contributed by atoms with E-state index < -0.39 is 0 Å². The largest absolute Gasteiger partial charge is 0.353 e. The molecule has 0 aromatic carbocycles. The van der Waals surface area contributed by atoms with Gasteiger partial charge in [0.15, 0.2) is 0 Å². The van der Waals surface area contributed by atoms with Crippen LogP contribution >= 0.6 is 0 Å². The number of hydrogen-bond donors (Lipinski definition) is 0. The lowest BCUT2D eigenvalue weighted by Crippen LogP contribution is -2.31. The van der Waals surface area contributed by atoms with E-state index in [1.807, 2.05) is 0 Å². The highest BCUT2D eigenvalue weighted by molar-refractivity contribution is 6.56. The Labute approximate surface area is 56.3 Å². The fourth-order valence-corrected chi connectivity index (χ4v) is 7.13. The van der Waals surface area contributed by atoms with Crippen LogP contribution in [0.5, 0.6) is 0 Å². The second-order valence-corrected chi connectivity index (χ2v) is 7.66. The topological polar surface area (TPSA) is 3.24 Å². The average molecular weight is 145 g/mol. The first-order chi connectivity index (χ1) is 3.80. The van der Waals surface area contributed by atoms with Crippen molar-refractivity contribution in [3.8, 4) is 0 Å². The molecule has 0 aromatic heterocycles. The van der Waals surface area contributed by atoms with Crippen LogP contribution in [-0.4, -0.2) is 29.6 Å². The molecule has 8 heavy (non-hydrogen) atoms. The van der Waals surface area contributed by atoms with Gasteiger partial charge in [0.2, 0.25) is 0 Å². The molecule has 0 bridgehead atoms. The molecule has 48 valence electrons. The summed E-state index contributed by atoms with van der Waals surface area (Å²) in [7, 11) is 0.610. The van der Waals surface area contributed by atoms with Crippen LogP contribution in [0, 0.1) is 0 Å². The van der Waals surface area contributed by atoms with E-state index in [1.54, 1.807) is 12.1 Å². The first kappa shape index (κ1) is 6.51. The van der Waals surface area contributed by atoms with Gasteiger partial charge in [-0.25, -0.2) is 0 Å². The zero-order valence-electron chi connectivity index (χ0n) is 5.85. The minimum atomic E-state index is 0.305. The SMILES string of the molecule is CC(C)N1[SiH2]CC[SiH2]1. The van der Waals surface area contributed by atoms with E-state index in [9.17, 15) is 0 Å². The van der Waals surface area contributed by atoms with Crippen molar-refractivity contribution >= 4 is 19.4 Å². The van der Waals surface area contributed by atoms with E-state index in [-0.39, 0.29) is 0 Å². The van der Waals surface area contributed by atoms with Crippen molar-refractivity contribution in [1.82, 2.24) is 4.23 Å². The summed E-state index contributed by atoms with van der Waals surface area (Å²) in [6.45, 7) is 4.68. The maximum Gasteiger partial charge on any atom is 0.0870 e. The van der Waals surface area contributed by atoms with Gasteiger partial charge in [0, 0.05) is 0 Å². The molecule has 1 saturated heterocycles. The quantitative estimate of drug-likeness (QED) is 0.459. The van der Waals surface area contributed by atoms with Crippen LogP contribution in [-0.2, 0) is 0 Å². The predicted octanol–water partition coefficient (Wildman–Crippen LogP) is -0.285. The third-order valence-corrected chi connectivity index (χ3v) is 9.01. The van der Waals surface area contributed by atoms with E-state index in [2.05, 4.69) is 18.1 Å². The first-order valence-corrected chi connectivity index (χ1v) is 6.81. The maximum absolute atomic E-state index is 2.81. The van der Waals surface area contributed by atoms with Gasteiger partial charge in [-0.1, -0.05) is 25.9 Å². The minimum absolute atomic E-state index is 0.305. The van der Waals surface area contributed by atoms with E-state index in [4.69, 9.17) is 0 Å². The first-order valence-electron chi connectivity index (χ1n) is 3.55. The van der Waals surface area contributed by atoms with Crippen molar-refractivity contribution in [3.63, 3.8) is 0 Å². The van der Waals surface area contributed by atoms with Crippen LogP contribution in [0.15, 0.2) is 0 Å². The molecule has 0 saturated carbocycles. The smallest absolute Gasteiger partial charge is 0.0870 e. The molecule has 1 fully saturated rings. The number of rotatable bonds is 1. The average Bonchev–Trinajstić information content (AvgIpc) is 2.12. The fraction of sp³-hybridized carbons (Fsp3) is 1.00. The lowest BCUT2D eigenvalue weighted by atomic mass is 10.4. The Hall–Kier alpha value is 0.394. The Bertz CT molecular complexity index is 68.8. The molecule has 0 atom stereocenters. The number of nitrogens with zero attached hydrogens (tertiary/aromatic N) is 1. The van der Waals surface area contributed by atoms with Crippen LogP contribution in [0.3, 0.4) is 0 Å².